The number of hydrogen-bond acceptors (Lipinski definition) is 5. The molecule has 1 aromatic carbocycles. The molecule has 3 aromatic rings. The summed E-state index contributed by atoms with van der Waals surface area (Å²) in [6, 6.07) is 9.47. The summed E-state index contributed by atoms with van der Waals surface area (Å²) < 4.78 is 1.89. The first-order valence-corrected chi connectivity index (χ1v) is 7.81. The lowest BCUT2D eigenvalue weighted by atomic mass is 10.2. The minimum atomic E-state index is 0.305. The molecule has 0 spiro atoms. The summed E-state index contributed by atoms with van der Waals surface area (Å²) in [5.41, 5.74) is 3.21. The van der Waals surface area contributed by atoms with Crippen molar-refractivity contribution in [1.29, 1.82) is 0 Å². The average molecular weight is 309 g/mol. The van der Waals surface area contributed by atoms with Gasteiger partial charge >= 0.3 is 0 Å². The Morgan fingerprint density at radius 2 is 1.70 bits per heavy atom. The van der Waals surface area contributed by atoms with Gasteiger partial charge in [-0.25, -0.2) is 9.50 Å². The van der Waals surface area contributed by atoms with E-state index in [0.717, 1.165) is 48.9 Å². The van der Waals surface area contributed by atoms with Crippen molar-refractivity contribution in [3.8, 4) is 5.75 Å². The van der Waals surface area contributed by atoms with Gasteiger partial charge in [-0.3, -0.25) is 0 Å². The second-order valence-electron chi connectivity index (χ2n) is 5.86. The summed E-state index contributed by atoms with van der Waals surface area (Å²) in [6.45, 7) is 5.69. The van der Waals surface area contributed by atoms with Gasteiger partial charge in [0, 0.05) is 44.3 Å². The molecule has 1 N–H and O–H groups in total. The molecule has 0 amide bonds. The summed E-state index contributed by atoms with van der Waals surface area (Å²) in [7, 11) is 0. The van der Waals surface area contributed by atoms with E-state index in [9.17, 15) is 5.11 Å². The zero-order valence-electron chi connectivity index (χ0n) is 13.1. The van der Waals surface area contributed by atoms with Crippen molar-refractivity contribution in [3.63, 3.8) is 0 Å². The van der Waals surface area contributed by atoms with Crippen LogP contribution in [0.15, 0.2) is 42.7 Å². The number of piperazine rings is 1. The van der Waals surface area contributed by atoms with E-state index in [0.29, 0.717) is 5.75 Å². The van der Waals surface area contributed by atoms with E-state index < -0.39 is 0 Å². The van der Waals surface area contributed by atoms with Crippen molar-refractivity contribution < 1.29 is 5.11 Å². The van der Waals surface area contributed by atoms with Gasteiger partial charge in [0.2, 0.25) is 0 Å². The fraction of sp³-hybridized carbons (Fsp3) is 0.294. The number of hydrogen-bond donors (Lipinski definition) is 1. The lowest BCUT2D eigenvalue weighted by Gasteiger charge is -2.36. The Morgan fingerprint density at radius 3 is 2.43 bits per heavy atom. The Morgan fingerprint density at radius 1 is 1.00 bits per heavy atom. The first kappa shape index (κ1) is 13.9. The van der Waals surface area contributed by atoms with Crippen molar-refractivity contribution in [2.24, 2.45) is 0 Å². The first-order chi connectivity index (χ1) is 11.2. The standard InChI is InChI=1S/C17H19N5O/c1-13-12-16-17(18-6-7-22(16)19-13)21-10-8-20(9-11-21)14-2-4-15(23)5-3-14/h2-7,12,23H,8-11H2,1H3. The highest BCUT2D eigenvalue weighted by Gasteiger charge is 2.20. The quantitative estimate of drug-likeness (QED) is 0.785. The molecule has 6 nitrogen and oxygen atoms in total. The number of phenolic OH excluding ortho intramolecular Hbond substituents is 1. The first-order valence-electron chi connectivity index (χ1n) is 7.81. The second kappa shape index (κ2) is 5.46. The van der Waals surface area contributed by atoms with Crippen molar-refractivity contribution in [2.75, 3.05) is 36.0 Å². The van der Waals surface area contributed by atoms with Crippen LogP contribution in [0.1, 0.15) is 5.69 Å². The topological polar surface area (TPSA) is 56.9 Å². The fourth-order valence-corrected chi connectivity index (χ4v) is 3.11. The minimum Gasteiger partial charge on any atom is -0.508 e. The molecule has 1 fully saturated rings. The van der Waals surface area contributed by atoms with E-state index in [1.165, 1.54) is 0 Å². The highest BCUT2D eigenvalue weighted by atomic mass is 16.3. The van der Waals surface area contributed by atoms with Crippen molar-refractivity contribution >= 4 is 17.0 Å². The molecule has 0 atom stereocenters. The molecule has 0 radical (unpaired) electrons. The van der Waals surface area contributed by atoms with Gasteiger partial charge in [0.25, 0.3) is 0 Å². The molecule has 0 bridgehead atoms. The van der Waals surface area contributed by atoms with Crippen molar-refractivity contribution in [2.45, 2.75) is 6.92 Å². The number of benzene rings is 1. The lowest BCUT2D eigenvalue weighted by molar-refractivity contribution is 0.475. The van der Waals surface area contributed by atoms with Gasteiger partial charge in [0.05, 0.1) is 5.69 Å². The molecular formula is C17H19N5O. The molecule has 23 heavy (non-hydrogen) atoms. The number of fused-ring (bicyclic) bond motifs is 1. The van der Waals surface area contributed by atoms with E-state index in [1.54, 1.807) is 18.3 Å². The maximum atomic E-state index is 9.41. The van der Waals surface area contributed by atoms with Gasteiger partial charge in [-0.1, -0.05) is 0 Å². The van der Waals surface area contributed by atoms with Gasteiger partial charge in [-0.15, -0.1) is 0 Å². The maximum Gasteiger partial charge on any atom is 0.154 e. The Hall–Kier alpha value is -2.76. The number of nitrogens with zero attached hydrogens (tertiary/aromatic N) is 5. The summed E-state index contributed by atoms with van der Waals surface area (Å²) in [4.78, 5) is 9.21. The molecule has 0 saturated carbocycles. The highest BCUT2D eigenvalue weighted by Crippen LogP contribution is 2.24. The zero-order valence-corrected chi connectivity index (χ0v) is 13.1. The summed E-state index contributed by atoms with van der Waals surface area (Å²) >= 11 is 0. The van der Waals surface area contributed by atoms with Crippen LogP contribution in [0, 0.1) is 6.92 Å². The van der Waals surface area contributed by atoms with E-state index >= 15 is 0 Å². The smallest absolute Gasteiger partial charge is 0.154 e. The van der Waals surface area contributed by atoms with Gasteiger partial charge in [-0.2, -0.15) is 5.10 Å². The predicted octanol–water partition coefficient (Wildman–Crippen LogP) is 2.07. The average Bonchev–Trinajstić information content (AvgIpc) is 2.96. The van der Waals surface area contributed by atoms with Crippen molar-refractivity contribution in [1.82, 2.24) is 14.6 Å². The number of aromatic hydroxyl groups is 1. The molecule has 2 aromatic heterocycles. The zero-order chi connectivity index (χ0) is 15.8. The fourth-order valence-electron chi connectivity index (χ4n) is 3.11. The molecule has 0 unspecified atom stereocenters. The normalized spacial score (nSPS) is 15.3. The van der Waals surface area contributed by atoms with Crippen LogP contribution >= 0.6 is 0 Å². The number of phenols is 1. The van der Waals surface area contributed by atoms with Crippen LogP contribution in [0.4, 0.5) is 11.5 Å². The minimum absolute atomic E-state index is 0.305. The SMILES string of the molecule is Cc1cc2c(N3CCN(c4ccc(O)cc4)CC3)nccn2n1. The van der Waals surface area contributed by atoms with Crippen LogP contribution in [0.3, 0.4) is 0 Å². The largest absolute Gasteiger partial charge is 0.508 e. The second-order valence-corrected chi connectivity index (χ2v) is 5.86. The van der Waals surface area contributed by atoms with Crippen molar-refractivity contribution in [3.05, 3.63) is 48.4 Å². The van der Waals surface area contributed by atoms with Gasteiger partial charge in [-0.05, 0) is 37.3 Å². The lowest BCUT2D eigenvalue weighted by Crippen LogP contribution is -2.47. The summed E-state index contributed by atoms with van der Waals surface area (Å²) in [5.74, 6) is 1.30. The van der Waals surface area contributed by atoms with Gasteiger partial charge in [0.15, 0.2) is 5.82 Å². The third kappa shape index (κ3) is 2.56. The molecule has 4 rings (SSSR count). The summed E-state index contributed by atoms with van der Waals surface area (Å²) in [5, 5.41) is 13.9. The van der Waals surface area contributed by atoms with Crippen LogP contribution in [0.5, 0.6) is 5.75 Å². The monoisotopic (exact) mass is 309 g/mol. The molecule has 1 aliphatic heterocycles. The molecule has 1 aliphatic rings. The molecule has 118 valence electrons. The van der Waals surface area contributed by atoms with E-state index in [1.807, 2.05) is 29.8 Å². The van der Waals surface area contributed by atoms with Crippen LogP contribution in [-0.4, -0.2) is 45.9 Å². The molecule has 6 heteroatoms. The predicted molar refractivity (Wildman–Crippen MR) is 90.3 cm³/mol. The van der Waals surface area contributed by atoms with E-state index in [2.05, 4.69) is 25.9 Å². The van der Waals surface area contributed by atoms with Crippen LogP contribution in [-0.2, 0) is 0 Å². The molecular weight excluding hydrogens is 290 g/mol. The van der Waals surface area contributed by atoms with E-state index in [-0.39, 0.29) is 0 Å². The third-order valence-electron chi connectivity index (χ3n) is 4.29. The molecule has 3 heterocycles. The summed E-state index contributed by atoms with van der Waals surface area (Å²) in [6.07, 6.45) is 3.69. The Balaban J connectivity index is 1.53. The highest BCUT2D eigenvalue weighted by molar-refractivity contribution is 5.69. The number of aryl methyl sites for hydroxylation is 1. The Labute approximate surface area is 134 Å². The molecule has 0 aliphatic carbocycles. The van der Waals surface area contributed by atoms with Crippen LogP contribution in [0.2, 0.25) is 0 Å². The number of rotatable bonds is 2. The van der Waals surface area contributed by atoms with Gasteiger partial charge < -0.3 is 14.9 Å². The van der Waals surface area contributed by atoms with Crippen LogP contribution in [0.25, 0.3) is 5.52 Å². The Kier molecular flexibility index (Phi) is 3.29. The molecule has 1 saturated heterocycles. The van der Waals surface area contributed by atoms with E-state index in [4.69, 9.17) is 0 Å². The maximum absolute atomic E-state index is 9.41. The number of anilines is 2. The third-order valence-corrected chi connectivity index (χ3v) is 4.29. The van der Waals surface area contributed by atoms with Crippen LogP contribution < -0.4 is 9.80 Å². The Bertz CT molecular complexity index is 819. The van der Waals surface area contributed by atoms with Gasteiger partial charge in [0.1, 0.15) is 11.3 Å². The number of aromatic nitrogens is 3.